The number of likely N-dealkylation sites (tertiary alicyclic amines) is 1. The second-order valence-electron chi connectivity index (χ2n) is 7.86. The van der Waals surface area contributed by atoms with Gasteiger partial charge in [0.2, 0.25) is 5.91 Å². The topological polar surface area (TPSA) is 54.3 Å². The van der Waals surface area contributed by atoms with Crippen molar-refractivity contribution in [2.45, 2.75) is 31.8 Å². The first-order valence-corrected chi connectivity index (χ1v) is 11.4. The molecule has 3 heterocycles. The lowest BCUT2D eigenvalue weighted by Crippen LogP contribution is -2.48. The predicted octanol–water partition coefficient (Wildman–Crippen LogP) is 3.16. The fourth-order valence-corrected chi connectivity index (χ4v) is 5.37. The minimum absolute atomic E-state index is 0.0113. The molecular weight excluding hydrogens is 402 g/mol. The average molecular weight is 428 g/mol. The molecule has 1 aromatic carbocycles. The van der Waals surface area contributed by atoms with Crippen LogP contribution in [0.5, 0.6) is 0 Å². The van der Waals surface area contributed by atoms with Crippen LogP contribution < -0.4 is 10.9 Å². The Morgan fingerprint density at radius 2 is 1.97 bits per heavy atom. The molecule has 1 aromatic heterocycles. The number of aromatic nitrogens is 1. The van der Waals surface area contributed by atoms with Crippen LogP contribution in [0.4, 0.5) is 0 Å². The summed E-state index contributed by atoms with van der Waals surface area (Å²) in [6, 6.07) is 15.5. The van der Waals surface area contributed by atoms with E-state index in [-0.39, 0.29) is 17.5 Å². The molecule has 1 saturated heterocycles. The van der Waals surface area contributed by atoms with E-state index < -0.39 is 0 Å². The maximum Gasteiger partial charge on any atom is 0.250 e. The van der Waals surface area contributed by atoms with Gasteiger partial charge in [0, 0.05) is 37.3 Å². The molecule has 0 saturated carbocycles. The number of hydrogen-bond acceptors (Lipinski definition) is 4. The highest BCUT2D eigenvalue weighted by Crippen LogP contribution is 2.36. The highest BCUT2D eigenvalue weighted by Gasteiger charge is 2.35. The molecule has 3 atom stereocenters. The Morgan fingerprint density at radius 3 is 2.76 bits per heavy atom. The summed E-state index contributed by atoms with van der Waals surface area (Å²) < 4.78 is 2.69. The van der Waals surface area contributed by atoms with Gasteiger partial charge < -0.3 is 14.8 Å². The normalized spacial score (nSPS) is 21.2. The first-order valence-electron chi connectivity index (χ1n) is 9.97. The van der Waals surface area contributed by atoms with Crippen molar-refractivity contribution in [3.8, 4) is 0 Å². The monoisotopic (exact) mass is 427 g/mol. The average Bonchev–Trinajstić information content (AvgIpc) is 2.73. The maximum atomic E-state index is 12.4. The minimum Gasteiger partial charge on any atom is -0.356 e. The third-order valence-corrected chi connectivity index (χ3v) is 7.27. The maximum absolute atomic E-state index is 12.4. The molecule has 0 radical (unpaired) electrons. The number of benzene rings is 1. The van der Waals surface area contributed by atoms with Crippen molar-refractivity contribution in [1.82, 2.24) is 14.8 Å². The quantitative estimate of drug-likeness (QED) is 0.760. The third kappa shape index (κ3) is 4.56. The number of thioether (sulfide) groups is 1. The van der Waals surface area contributed by atoms with Crippen LogP contribution in [0.15, 0.2) is 53.3 Å². The van der Waals surface area contributed by atoms with E-state index in [0.29, 0.717) is 17.6 Å². The van der Waals surface area contributed by atoms with Gasteiger partial charge in [-0.15, -0.1) is 0 Å². The van der Waals surface area contributed by atoms with Crippen LogP contribution in [0, 0.1) is 5.92 Å². The lowest BCUT2D eigenvalue weighted by Gasteiger charge is -2.43. The Labute approximate surface area is 180 Å². The van der Waals surface area contributed by atoms with Gasteiger partial charge in [0.25, 0.3) is 5.56 Å². The van der Waals surface area contributed by atoms with E-state index in [1.165, 1.54) is 11.8 Å². The molecule has 0 unspecified atom stereocenters. The highest BCUT2D eigenvalue weighted by atomic mass is 32.2. The summed E-state index contributed by atoms with van der Waals surface area (Å²) >= 11 is 7.07. The van der Waals surface area contributed by atoms with Gasteiger partial charge in [0.1, 0.15) is 4.32 Å². The summed E-state index contributed by atoms with van der Waals surface area (Å²) in [5, 5.41) is 3.04. The number of nitrogens with zero attached hydrogens (tertiary/aromatic N) is 2. The number of hydrogen-bond donors (Lipinski definition) is 1. The molecule has 29 heavy (non-hydrogen) atoms. The number of carbonyl (C=O) groups excluding carboxylic acids is 1. The van der Waals surface area contributed by atoms with Gasteiger partial charge in [-0.25, -0.2) is 0 Å². The van der Waals surface area contributed by atoms with Crippen LogP contribution >= 0.6 is 24.0 Å². The number of rotatable bonds is 4. The number of thiocarbonyl (C=S) groups is 1. The van der Waals surface area contributed by atoms with Gasteiger partial charge >= 0.3 is 0 Å². The zero-order valence-electron chi connectivity index (χ0n) is 16.4. The van der Waals surface area contributed by atoms with Crippen LogP contribution in [0.3, 0.4) is 0 Å². The van der Waals surface area contributed by atoms with Crippen LogP contribution in [0.2, 0.25) is 0 Å². The Hall–Kier alpha value is -2.12. The second kappa shape index (κ2) is 8.71. The number of pyridine rings is 1. The molecule has 1 N–H and O–H groups in total. The first kappa shape index (κ1) is 20.2. The molecule has 7 heteroatoms. The first-order chi connectivity index (χ1) is 14.0. The standard InChI is InChI=1S/C22H25N3O2S2/c1-15(17-6-3-2-4-7-17)23-20(26)14-29-22(28)24-11-16-10-18(13-24)19-8-5-9-21(27)25(19)12-16/h2-9,15-16,18H,10-14H2,1H3,(H,23,26)/t15-,16+,18+/m1/s1. The smallest absolute Gasteiger partial charge is 0.250 e. The van der Waals surface area contributed by atoms with Crippen LogP contribution in [0.25, 0.3) is 0 Å². The lowest BCUT2D eigenvalue weighted by molar-refractivity contribution is -0.119. The zero-order chi connectivity index (χ0) is 20.4. The van der Waals surface area contributed by atoms with E-state index in [1.54, 1.807) is 6.07 Å². The van der Waals surface area contributed by atoms with Crippen molar-refractivity contribution in [1.29, 1.82) is 0 Å². The van der Waals surface area contributed by atoms with E-state index in [9.17, 15) is 9.59 Å². The molecular formula is C22H25N3O2S2. The molecule has 1 amide bonds. The number of fused-ring (bicyclic) bond motifs is 4. The number of amides is 1. The van der Waals surface area contributed by atoms with Crippen molar-refractivity contribution >= 4 is 34.2 Å². The Morgan fingerprint density at radius 1 is 1.17 bits per heavy atom. The molecule has 0 aliphatic carbocycles. The molecule has 2 aromatic rings. The fraction of sp³-hybridized carbons (Fsp3) is 0.409. The number of nitrogens with one attached hydrogen (secondary N) is 1. The van der Waals surface area contributed by atoms with E-state index in [4.69, 9.17) is 12.2 Å². The summed E-state index contributed by atoms with van der Waals surface area (Å²) in [5.74, 6) is 1.05. The van der Waals surface area contributed by atoms with E-state index >= 15 is 0 Å². The van der Waals surface area contributed by atoms with Crippen molar-refractivity contribution in [2.75, 3.05) is 18.8 Å². The molecule has 2 aliphatic rings. The van der Waals surface area contributed by atoms with Gasteiger partial charge in [-0.1, -0.05) is 60.4 Å². The van der Waals surface area contributed by atoms with Gasteiger partial charge in [-0.2, -0.15) is 0 Å². The van der Waals surface area contributed by atoms with Gasteiger partial charge in [-0.05, 0) is 30.9 Å². The Bertz CT molecular complexity index is 960. The van der Waals surface area contributed by atoms with Crippen molar-refractivity contribution in [3.05, 3.63) is 70.1 Å². The van der Waals surface area contributed by atoms with Crippen molar-refractivity contribution in [3.63, 3.8) is 0 Å². The van der Waals surface area contributed by atoms with Gasteiger partial charge in [0.05, 0.1) is 11.8 Å². The highest BCUT2D eigenvalue weighted by molar-refractivity contribution is 8.23. The second-order valence-corrected chi connectivity index (χ2v) is 9.47. The summed E-state index contributed by atoms with van der Waals surface area (Å²) in [6.07, 6.45) is 1.10. The zero-order valence-corrected chi connectivity index (χ0v) is 18.0. The molecule has 152 valence electrons. The Balaban J connectivity index is 1.32. The number of carbonyl (C=O) groups is 1. The SMILES string of the molecule is C[C@@H](NC(=O)CSC(=S)N1C[C@@H]2C[C@@H](C1)c1cccc(=O)n1C2)c1ccccc1. The molecule has 4 rings (SSSR count). The van der Waals surface area contributed by atoms with E-state index in [1.807, 2.05) is 47.9 Å². The summed E-state index contributed by atoms with van der Waals surface area (Å²) in [4.78, 5) is 26.7. The van der Waals surface area contributed by atoms with Crippen molar-refractivity contribution in [2.24, 2.45) is 5.92 Å². The van der Waals surface area contributed by atoms with Gasteiger partial charge in [-0.3, -0.25) is 9.59 Å². The minimum atomic E-state index is -0.0259. The third-order valence-electron chi connectivity index (χ3n) is 5.74. The summed E-state index contributed by atoms with van der Waals surface area (Å²) in [6.45, 7) is 4.41. The lowest BCUT2D eigenvalue weighted by atomic mass is 9.83. The molecule has 1 fully saturated rings. The van der Waals surface area contributed by atoms with Crippen molar-refractivity contribution < 1.29 is 4.79 Å². The van der Waals surface area contributed by atoms with E-state index in [2.05, 4.69) is 16.3 Å². The largest absolute Gasteiger partial charge is 0.356 e. The van der Waals surface area contributed by atoms with Crippen LogP contribution in [-0.2, 0) is 11.3 Å². The van der Waals surface area contributed by atoms with Crippen LogP contribution in [-0.4, -0.2) is 38.5 Å². The molecule has 2 bridgehead atoms. The predicted molar refractivity (Wildman–Crippen MR) is 121 cm³/mol. The fourth-order valence-electron chi connectivity index (χ4n) is 4.37. The summed E-state index contributed by atoms with van der Waals surface area (Å²) in [7, 11) is 0. The molecule has 2 aliphatic heterocycles. The van der Waals surface area contributed by atoms with E-state index in [0.717, 1.165) is 41.6 Å². The molecule has 5 nitrogen and oxygen atoms in total. The number of piperidine rings is 1. The van der Waals surface area contributed by atoms with Crippen LogP contribution in [0.1, 0.15) is 36.6 Å². The summed E-state index contributed by atoms with van der Waals surface area (Å²) in [5.41, 5.74) is 2.29. The Kier molecular flexibility index (Phi) is 6.06. The van der Waals surface area contributed by atoms with Gasteiger partial charge in [0.15, 0.2) is 0 Å². The molecule has 0 spiro atoms.